The van der Waals surface area contributed by atoms with Crippen LogP contribution >= 0.6 is 0 Å². The molecule has 6 nitrogen and oxygen atoms in total. The molecule has 2 saturated heterocycles. The van der Waals surface area contributed by atoms with Crippen molar-refractivity contribution in [3.8, 4) is 0 Å². The summed E-state index contributed by atoms with van der Waals surface area (Å²) in [5, 5.41) is 10.3. The number of piperidine rings is 1. The fraction of sp³-hybridized carbons (Fsp3) is 0.886. The van der Waals surface area contributed by atoms with Crippen LogP contribution in [0.2, 0.25) is 0 Å². The van der Waals surface area contributed by atoms with Crippen LogP contribution in [-0.4, -0.2) is 80.7 Å². The zero-order valence-corrected chi connectivity index (χ0v) is 26.5. The number of nitrogens with zero attached hydrogens (tertiary/aromatic N) is 1. The minimum atomic E-state index is -0.221. The number of hydrogen-bond acceptors (Lipinski definition) is 6. The van der Waals surface area contributed by atoms with Gasteiger partial charge in [0.1, 0.15) is 6.79 Å². The van der Waals surface area contributed by atoms with Gasteiger partial charge in [-0.1, -0.05) is 43.6 Å². The summed E-state index contributed by atoms with van der Waals surface area (Å²) >= 11 is 0. The summed E-state index contributed by atoms with van der Waals surface area (Å²) in [5.41, 5.74) is 5.30. The molecule has 6 rings (SSSR count). The maximum absolute atomic E-state index is 10.3. The van der Waals surface area contributed by atoms with Crippen molar-refractivity contribution in [1.29, 1.82) is 0 Å². The van der Waals surface area contributed by atoms with Crippen molar-refractivity contribution < 1.29 is 24.1 Å². The Hall–Kier alpha value is -0.760. The van der Waals surface area contributed by atoms with E-state index in [9.17, 15) is 5.11 Å². The highest BCUT2D eigenvalue weighted by Crippen LogP contribution is 2.64. The maximum atomic E-state index is 10.3. The fourth-order valence-electron chi connectivity index (χ4n) is 10.6. The number of likely N-dealkylation sites (tertiary alicyclic amines) is 1. The van der Waals surface area contributed by atoms with Gasteiger partial charge in [0.15, 0.2) is 0 Å². The minimum Gasteiger partial charge on any atom is -0.389 e. The molecule has 0 bridgehead atoms. The molecule has 2 aliphatic heterocycles. The third-order valence-corrected chi connectivity index (χ3v) is 12.6. The maximum Gasteiger partial charge on any atom is 0.146 e. The molecule has 1 N–H and O–H groups in total. The van der Waals surface area contributed by atoms with Crippen molar-refractivity contribution >= 4 is 0 Å². The third-order valence-electron chi connectivity index (χ3n) is 12.6. The van der Waals surface area contributed by atoms with Crippen molar-refractivity contribution in [2.75, 3.05) is 46.8 Å². The van der Waals surface area contributed by atoms with E-state index in [-0.39, 0.29) is 11.7 Å². The summed E-state index contributed by atoms with van der Waals surface area (Å²) in [7, 11) is 1.69. The largest absolute Gasteiger partial charge is 0.389 e. The van der Waals surface area contributed by atoms with Gasteiger partial charge < -0.3 is 24.1 Å². The van der Waals surface area contributed by atoms with Crippen LogP contribution in [0.5, 0.6) is 0 Å². The average molecular weight is 572 g/mol. The lowest BCUT2D eigenvalue weighted by atomic mass is 9.56. The Morgan fingerprint density at radius 1 is 1.10 bits per heavy atom. The van der Waals surface area contributed by atoms with Crippen LogP contribution in [0, 0.1) is 35.0 Å². The number of fused-ring (bicyclic) bond motifs is 6. The first-order chi connectivity index (χ1) is 19.8. The number of hydrogen-bond donors (Lipinski definition) is 1. The molecular weight excluding hydrogens is 514 g/mol. The van der Waals surface area contributed by atoms with Crippen LogP contribution in [0.4, 0.5) is 0 Å². The highest BCUT2D eigenvalue weighted by molar-refractivity contribution is 5.33. The van der Waals surface area contributed by atoms with Crippen molar-refractivity contribution in [1.82, 2.24) is 4.90 Å². The highest BCUT2D eigenvalue weighted by Gasteiger charge is 2.59. The topological polar surface area (TPSA) is 60.4 Å². The summed E-state index contributed by atoms with van der Waals surface area (Å²) < 4.78 is 23.5. The summed E-state index contributed by atoms with van der Waals surface area (Å²) in [4.78, 5) is 2.75. The lowest BCUT2D eigenvalue weighted by molar-refractivity contribution is -0.0818. The Balaban J connectivity index is 1.13. The van der Waals surface area contributed by atoms with Gasteiger partial charge in [0.2, 0.25) is 0 Å². The van der Waals surface area contributed by atoms with Crippen molar-refractivity contribution in [3.05, 3.63) is 22.8 Å². The Labute approximate surface area is 249 Å². The lowest BCUT2D eigenvalue weighted by Crippen LogP contribution is -2.52. The molecule has 0 radical (unpaired) electrons. The van der Waals surface area contributed by atoms with Crippen LogP contribution in [0.1, 0.15) is 91.9 Å². The van der Waals surface area contributed by atoms with E-state index in [1.165, 1.54) is 45.1 Å². The van der Waals surface area contributed by atoms with Crippen molar-refractivity contribution in [2.45, 2.75) is 116 Å². The van der Waals surface area contributed by atoms with E-state index in [1.807, 2.05) is 0 Å². The van der Waals surface area contributed by atoms with E-state index in [2.05, 4.69) is 38.7 Å². The second-order valence-corrected chi connectivity index (χ2v) is 15.0. The first-order valence-corrected chi connectivity index (χ1v) is 16.9. The quantitative estimate of drug-likeness (QED) is 0.204. The molecule has 1 spiro atoms. The van der Waals surface area contributed by atoms with Gasteiger partial charge in [0.05, 0.1) is 37.6 Å². The highest BCUT2D eigenvalue weighted by atomic mass is 16.7. The average Bonchev–Trinajstić information content (AvgIpc) is 3.40. The molecule has 2 saturated carbocycles. The number of aliphatic hydroxyl groups is 1. The fourth-order valence-corrected chi connectivity index (χ4v) is 10.6. The van der Waals surface area contributed by atoms with E-state index in [4.69, 9.17) is 18.9 Å². The predicted molar refractivity (Wildman–Crippen MR) is 161 cm³/mol. The van der Waals surface area contributed by atoms with Gasteiger partial charge in [-0.3, -0.25) is 4.90 Å². The molecule has 6 aliphatic rings. The predicted octanol–water partition coefficient (Wildman–Crippen LogP) is 6.13. The van der Waals surface area contributed by atoms with E-state index >= 15 is 0 Å². The minimum absolute atomic E-state index is 0.0150. The molecule has 0 aromatic carbocycles. The molecule has 0 amide bonds. The van der Waals surface area contributed by atoms with Gasteiger partial charge >= 0.3 is 0 Å². The Morgan fingerprint density at radius 3 is 2.76 bits per heavy atom. The molecule has 232 valence electrons. The Kier molecular flexibility index (Phi) is 9.10. The summed E-state index contributed by atoms with van der Waals surface area (Å²) in [5.74, 6) is 3.51. The van der Waals surface area contributed by atoms with Crippen LogP contribution < -0.4 is 0 Å². The molecule has 2 heterocycles. The van der Waals surface area contributed by atoms with Crippen molar-refractivity contribution in [2.24, 2.45) is 35.0 Å². The second-order valence-electron chi connectivity index (χ2n) is 15.0. The zero-order valence-electron chi connectivity index (χ0n) is 26.5. The molecule has 4 fully saturated rings. The lowest BCUT2D eigenvalue weighted by Gasteiger charge is -2.49. The molecule has 10 atom stereocenters. The van der Waals surface area contributed by atoms with Crippen LogP contribution in [-0.2, 0) is 18.9 Å². The standard InChI is InChI=1S/C35H57NO5/c1-23-17-32-33(36(21-23)13-6-14-39-22-40-16-15-38-5)25(3)35(41-32)12-10-28-29-8-7-26-18-27(37)9-11-34(26,4)31(29)19-30(28)24(2)20-35/h18,23,25,27-29,31-33,37H,6-17,19-22H2,1-5H3/t23-,25+,27-,28-,29-,31-,32+,33-,34-,35-/m0/s1. The summed E-state index contributed by atoms with van der Waals surface area (Å²) in [6, 6.07) is 0.516. The van der Waals surface area contributed by atoms with E-state index in [1.54, 1.807) is 23.8 Å². The summed E-state index contributed by atoms with van der Waals surface area (Å²) in [6.45, 7) is 14.4. The van der Waals surface area contributed by atoms with E-state index in [0.29, 0.717) is 49.4 Å². The van der Waals surface area contributed by atoms with Gasteiger partial charge in [-0.15, -0.1) is 0 Å². The number of aliphatic hydroxyl groups excluding tert-OH is 1. The number of rotatable bonds is 9. The van der Waals surface area contributed by atoms with Gasteiger partial charge in [0.25, 0.3) is 0 Å². The smallest absolute Gasteiger partial charge is 0.146 e. The van der Waals surface area contributed by atoms with Gasteiger partial charge in [-0.2, -0.15) is 0 Å². The first-order valence-electron chi connectivity index (χ1n) is 16.9. The SMILES string of the molecule is COCCOCOCCCN1C[C@@H](C)C[C@H]2O[C@]3(CC[C@@H]4C(=C(C)C3)C[C@H]3[C@H]4CCC4=C[C@@H](O)CC[C@@]43C)[C@H](C)[C@@H]21. The van der Waals surface area contributed by atoms with Gasteiger partial charge in [0, 0.05) is 32.2 Å². The zero-order chi connectivity index (χ0) is 28.8. The Morgan fingerprint density at radius 2 is 1.93 bits per heavy atom. The monoisotopic (exact) mass is 571 g/mol. The van der Waals surface area contributed by atoms with Crippen LogP contribution in [0.25, 0.3) is 0 Å². The molecule has 41 heavy (non-hydrogen) atoms. The van der Waals surface area contributed by atoms with E-state index in [0.717, 1.165) is 56.6 Å². The molecular formula is C35H57NO5. The third kappa shape index (κ3) is 5.64. The van der Waals surface area contributed by atoms with E-state index < -0.39 is 0 Å². The first kappa shape index (κ1) is 30.3. The number of methoxy groups -OCH3 is 1. The number of ether oxygens (including phenoxy) is 4. The summed E-state index contributed by atoms with van der Waals surface area (Å²) in [6.07, 6.45) is 14.1. The van der Waals surface area contributed by atoms with Crippen LogP contribution in [0.3, 0.4) is 0 Å². The number of allylic oxidation sites excluding steroid dienone is 2. The van der Waals surface area contributed by atoms with Crippen LogP contribution in [0.15, 0.2) is 22.8 Å². The molecule has 0 unspecified atom stereocenters. The second kappa shape index (κ2) is 12.3. The molecule has 0 aromatic rings. The van der Waals surface area contributed by atoms with Crippen molar-refractivity contribution in [3.63, 3.8) is 0 Å². The molecule has 4 aliphatic carbocycles. The molecule has 6 heteroatoms. The van der Waals surface area contributed by atoms with Gasteiger partial charge in [-0.05, 0) is 100 Å². The molecule has 0 aromatic heterocycles. The van der Waals surface area contributed by atoms with Gasteiger partial charge in [-0.25, -0.2) is 0 Å². The Bertz CT molecular complexity index is 995. The normalized spacial score (nSPS) is 44.3.